The smallest absolute Gasteiger partial charge is 0.336 e. The lowest BCUT2D eigenvalue weighted by molar-refractivity contribution is -0.120. The summed E-state index contributed by atoms with van der Waals surface area (Å²) < 4.78 is 10.8. The molecular weight excluding hydrogens is 400 g/mol. The Morgan fingerprint density at radius 2 is 1.97 bits per heavy atom. The van der Waals surface area contributed by atoms with E-state index in [1.54, 1.807) is 30.3 Å². The topological polar surface area (TPSA) is 72.6 Å². The van der Waals surface area contributed by atoms with E-state index in [4.69, 9.17) is 9.15 Å². The molecule has 0 unspecified atom stereocenters. The second-order valence-electron chi connectivity index (χ2n) is 6.42. The van der Waals surface area contributed by atoms with Gasteiger partial charge >= 0.3 is 5.63 Å². The van der Waals surface area contributed by atoms with E-state index in [0.29, 0.717) is 23.0 Å². The number of benzene rings is 2. The number of anilines is 1. The fourth-order valence-electron chi connectivity index (χ4n) is 2.90. The number of fused-ring (bicyclic) bond motifs is 1. The summed E-state index contributed by atoms with van der Waals surface area (Å²) in [6.45, 7) is 3.87. The van der Waals surface area contributed by atoms with Crippen LogP contribution >= 0.6 is 11.3 Å². The molecule has 4 aromatic rings. The average Bonchev–Trinajstić information content (AvgIpc) is 3.26. The first-order chi connectivity index (χ1) is 14.6. The fraction of sp³-hybridized carbons (Fsp3) is 0.0870. The van der Waals surface area contributed by atoms with Crippen molar-refractivity contribution in [2.75, 3.05) is 18.1 Å². The second-order valence-corrected chi connectivity index (χ2v) is 7.25. The Balaban J connectivity index is 1.49. The summed E-state index contributed by atoms with van der Waals surface area (Å²) in [4.78, 5) is 30.3. The molecule has 2 aromatic heterocycles. The lowest BCUT2D eigenvalue weighted by Gasteiger charge is -2.18. The zero-order valence-corrected chi connectivity index (χ0v) is 16.8. The fourth-order valence-corrected chi connectivity index (χ4v) is 3.76. The summed E-state index contributed by atoms with van der Waals surface area (Å²) in [6.07, 6.45) is 1.65. The van der Waals surface area contributed by atoms with Crippen LogP contribution in [0.2, 0.25) is 0 Å². The molecule has 1 amide bonds. The standard InChI is InChI=1S/C23H18N2O4S/c1-2-12-25(23-24-19(15-30-23)16-6-4-3-5-7-16)21(26)14-28-18-10-8-17-9-11-22(27)29-20(17)13-18/h2-11,13,15H,1,12,14H2. The van der Waals surface area contributed by atoms with E-state index in [9.17, 15) is 9.59 Å². The van der Waals surface area contributed by atoms with Crippen molar-refractivity contribution in [2.24, 2.45) is 0 Å². The minimum absolute atomic E-state index is 0.184. The molecule has 150 valence electrons. The zero-order chi connectivity index (χ0) is 20.9. The Bertz CT molecular complexity index is 1250. The third-order valence-corrected chi connectivity index (χ3v) is 5.23. The molecule has 0 saturated heterocycles. The van der Waals surface area contributed by atoms with Crippen molar-refractivity contribution in [3.8, 4) is 17.0 Å². The van der Waals surface area contributed by atoms with Gasteiger partial charge < -0.3 is 9.15 Å². The van der Waals surface area contributed by atoms with Gasteiger partial charge in [0.1, 0.15) is 11.3 Å². The van der Waals surface area contributed by atoms with Crippen molar-refractivity contribution in [3.63, 3.8) is 0 Å². The quantitative estimate of drug-likeness (QED) is 0.326. The number of hydrogen-bond donors (Lipinski definition) is 0. The Labute approximate surface area is 176 Å². The molecule has 2 heterocycles. The third kappa shape index (κ3) is 4.31. The van der Waals surface area contributed by atoms with E-state index in [0.717, 1.165) is 16.6 Å². The lowest BCUT2D eigenvalue weighted by atomic mass is 10.2. The first-order valence-corrected chi connectivity index (χ1v) is 10.1. The Morgan fingerprint density at radius 3 is 2.77 bits per heavy atom. The van der Waals surface area contributed by atoms with Crippen molar-refractivity contribution < 1.29 is 13.9 Å². The monoisotopic (exact) mass is 418 g/mol. The maximum absolute atomic E-state index is 12.8. The SMILES string of the molecule is C=CCN(C(=O)COc1ccc2ccc(=O)oc2c1)c1nc(-c2ccccc2)cs1. The number of hydrogen-bond acceptors (Lipinski definition) is 6. The molecule has 6 nitrogen and oxygen atoms in total. The number of rotatable bonds is 7. The highest BCUT2D eigenvalue weighted by Gasteiger charge is 2.19. The van der Waals surface area contributed by atoms with Crippen molar-refractivity contribution in [1.82, 2.24) is 4.98 Å². The van der Waals surface area contributed by atoms with Crippen LogP contribution in [-0.4, -0.2) is 24.0 Å². The first-order valence-electron chi connectivity index (χ1n) is 9.23. The molecule has 0 N–H and O–H groups in total. The van der Waals surface area contributed by atoms with Crippen molar-refractivity contribution in [2.45, 2.75) is 0 Å². The van der Waals surface area contributed by atoms with Gasteiger partial charge in [-0.3, -0.25) is 9.69 Å². The highest BCUT2D eigenvalue weighted by molar-refractivity contribution is 7.14. The van der Waals surface area contributed by atoms with Crippen LogP contribution in [0.25, 0.3) is 22.2 Å². The van der Waals surface area contributed by atoms with E-state index in [2.05, 4.69) is 11.6 Å². The van der Waals surface area contributed by atoms with Gasteiger partial charge in [-0.25, -0.2) is 9.78 Å². The normalized spacial score (nSPS) is 10.7. The predicted molar refractivity (Wildman–Crippen MR) is 118 cm³/mol. The molecule has 0 aliphatic rings. The maximum atomic E-state index is 12.8. The van der Waals surface area contributed by atoms with Crippen molar-refractivity contribution in [1.29, 1.82) is 0 Å². The Morgan fingerprint density at radius 1 is 1.17 bits per heavy atom. The summed E-state index contributed by atoms with van der Waals surface area (Å²) in [7, 11) is 0. The van der Waals surface area contributed by atoms with Crippen molar-refractivity contribution in [3.05, 3.63) is 89.1 Å². The largest absolute Gasteiger partial charge is 0.484 e. The number of carbonyl (C=O) groups excluding carboxylic acids is 1. The molecule has 0 fully saturated rings. The number of aromatic nitrogens is 1. The second kappa shape index (κ2) is 8.75. The molecule has 4 rings (SSSR count). The van der Waals surface area contributed by atoms with Crippen LogP contribution in [0.15, 0.2) is 87.9 Å². The van der Waals surface area contributed by atoms with Gasteiger partial charge in [-0.05, 0) is 18.2 Å². The van der Waals surface area contributed by atoms with Gasteiger partial charge in [0, 0.05) is 35.0 Å². The van der Waals surface area contributed by atoms with Crippen LogP contribution in [0, 0.1) is 0 Å². The molecule has 2 aromatic carbocycles. The molecular formula is C23H18N2O4S. The van der Waals surface area contributed by atoms with Gasteiger partial charge in [-0.2, -0.15) is 0 Å². The summed E-state index contributed by atoms with van der Waals surface area (Å²) in [6, 6.07) is 17.9. The van der Waals surface area contributed by atoms with E-state index in [-0.39, 0.29) is 12.5 Å². The van der Waals surface area contributed by atoms with Gasteiger partial charge in [0.05, 0.1) is 5.69 Å². The van der Waals surface area contributed by atoms with Crippen LogP contribution in [-0.2, 0) is 4.79 Å². The molecule has 0 saturated carbocycles. The Kier molecular flexibility index (Phi) is 5.72. The molecule has 0 aliphatic heterocycles. The summed E-state index contributed by atoms with van der Waals surface area (Å²) in [5.74, 6) is 0.186. The number of ether oxygens (including phenoxy) is 1. The number of thiazole rings is 1. The Hall–Kier alpha value is -3.71. The first kappa shape index (κ1) is 19.6. The third-order valence-electron chi connectivity index (χ3n) is 4.36. The zero-order valence-electron chi connectivity index (χ0n) is 16.0. The minimum atomic E-state index is -0.439. The lowest BCUT2D eigenvalue weighted by Crippen LogP contribution is -2.35. The maximum Gasteiger partial charge on any atom is 0.336 e. The molecule has 0 bridgehead atoms. The van der Waals surface area contributed by atoms with Crippen LogP contribution in [0.4, 0.5) is 5.13 Å². The van der Waals surface area contributed by atoms with Crippen LogP contribution in [0.1, 0.15) is 0 Å². The molecule has 30 heavy (non-hydrogen) atoms. The molecule has 0 radical (unpaired) electrons. The predicted octanol–water partition coefficient (Wildman–Crippen LogP) is 4.51. The van der Waals surface area contributed by atoms with Gasteiger partial charge in [0.25, 0.3) is 5.91 Å². The van der Waals surface area contributed by atoms with Crippen LogP contribution < -0.4 is 15.3 Å². The van der Waals surface area contributed by atoms with Gasteiger partial charge in [-0.1, -0.05) is 36.4 Å². The van der Waals surface area contributed by atoms with E-state index in [1.165, 1.54) is 22.3 Å². The van der Waals surface area contributed by atoms with E-state index >= 15 is 0 Å². The number of carbonyl (C=O) groups is 1. The molecule has 0 spiro atoms. The van der Waals surface area contributed by atoms with E-state index in [1.807, 2.05) is 35.7 Å². The van der Waals surface area contributed by atoms with Crippen LogP contribution in [0.5, 0.6) is 5.75 Å². The molecule has 0 atom stereocenters. The molecule has 0 aliphatic carbocycles. The summed E-state index contributed by atoms with van der Waals surface area (Å²) in [5.41, 5.74) is 1.76. The summed E-state index contributed by atoms with van der Waals surface area (Å²) in [5, 5.41) is 3.27. The minimum Gasteiger partial charge on any atom is -0.484 e. The average molecular weight is 418 g/mol. The van der Waals surface area contributed by atoms with Crippen molar-refractivity contribution >= 4 is 33.3 Å². The highest BCUT2D eigenvalue weighted by atomic mass is 32.1. The highest BCUT2D eigenvalue weighted by Crippen LogP contribution is 2.27. The van der Waals surface area contributed by atoms with Gasteiger partial charge in [0.15, 0.2) is 11.7 Å². The molecule has 7 heteroatoms. The summed E-state index contributed by atoms with van der Waals surface area (Å²) >= 11 is 1.39. The van der Waals surface area contributed by atoms with Crippen LogP contribution in [0.3, 0.4) is 0 Å². The van der Waals surface area contributed by atoms with Gasteiger partial charge in [-0.15, -0.1) is 17.9 Å². The van der Waals surface area contributed by atoms with E-state index < -0.39 is 5.63 Å². The number of amides is 1. The van der Waals surface area contributed by atoms with Gasteiger partial charge in [0.2, 0.25) is 0 Å². The number of nitrogens with zero attached hydrogens (tertiary/aromatic N) is 2.